The van der Waals surface area contributed by atoms with Crippen molar-refractivity contribution >= 4 is 64.6 Å². The number of hydrogen-bond acceptors (Lipinski definition) is 9. The van der Waals surface area contributed by atoms with Crippen LogP contribution in [-0.4, -0.2) is 33.1 Å². The zero-order chi connectivity index (χ0) is 22.9. The summed E-state index contributed by atoms with van der Waals surface area (Å²) in [6.45, 7) is 0. The molecule has 0 radical (unpaired) electrons. The number of benzene rings is 2. The summed E-state index contributed by atoms with van der Waals surface area (Å²) in [5, 5.41) is 13.3. The third-order valence-corrected chi connectivity index (χ3v) is 7.11. The number of sulfone groups is 1. The molecule has 2 heterocycles. The minimum atomic E-state index is -3.78. The zero-order valence-corrected chi connectivity index (χ0v) is 19.3. The largest absolute Gasteiger partial charge is 0.339 e. The van der Waals surface area contributed by atoms with Gasteiger partial charge in [-0.25, -0.2) is 27.0 Å². The van der Waals surface area contributed by atoms with Crippen molar-refractivity contribution in [1.82, 2.24) is 9.97 Å². The average molecular weight is 490 g/mol. The first-order valence-electron chi connectivity index (χ1n) is 9.26. The van der Waals surface area contributed by atoms with Gasteiger partial charge in [0.2, 0.25) is 16.0 Å². The first kappa shape index (κ1) is 22.1. The standard InChI is InChI=1S/C20H19N5O4S3/c1-31(26,27)12-13-4-2-3-5-16(13)23-19-18-17(10-11-30-18)24-20(25-19)22-14-6-8-15(9-7-14)32(21,28)29/h2-11H,12H2,1H3,(H2,21,28,29)(H2,22,23,24,25). The van der Waals surface area contributed by atoms with Gasteiger partial charge in [0.25, 0.3) is 0 Å². The minimum Gasteiger partial charge on any atom is -0.339 e. The van der Waals surface area contributed by atoms with Gasteiger partial charge in [0.1, 0.15) is 0 Å². The summed E-state index contributed by atoms with van der Waals surface area (Å²) in [5.41, 5.74) is 2.55. The number of fused-ring (bicyclic) bond motifs is 1. The summed E-state index contributed by atoms with van der Waals surface area (Å²) in [6.07, 6.45) is 1.19. The van der Waals surface area contributed by atoms with Crippen LogP contribution in [0, 0.1) is 0 Å². The number of primary sulfonamides is 1. The first-order chi connectivity index (χ1) is 15.1. The number of anilines is 4. The summed E-state index contributed by atoms with van der Waals surface area (Å²) in [5.74, 6) is 0.716. The molecule has 9 nitrogen and oxygen atoms in total. The van der Waals surface area contributed by atoms with E-state index in [1.807, 2.05) is 17.5 Å². The van der Waals surface area contributed by atoms with E-state index >= 15 is 0 Å². The van der Waals surface area contributed by atoms with Gasteiger partial charge in [0.15, 0.2) is 15.7 Å². The molecule has 166 valence electrons. The van der Waals surface area contributed by atoms with Crippen molar-refractivity contribution in [3.8, 4) is 0 Å². The van der Waals surface area contributed by atoms with Crippen LogP contribution in [0.4, 0.5) is 23.1 Å². The third kappa shape index (κ3) is 5.22. The number of nitrogens with zero attached hydrogens (tertiary/aromatic N) is 2. The first-order valence-corrected chi connectivity index (χ1v) is 13.7. The molecule has 0 spiro atoms. The van der Waals surface area contributed by atoms with E-state index < -0.39 is 19.9 Å². The molecule has 0 fully saturated rings. The molecule has 4 aromatic rings. The van der Waals surface area contributed by atoms with Crippen LogP contribution in [0.15, 0.2) is 64.9 Å². The van der Waals surface area contributed by atoms with E-state index in [4.69, 9.17) is 5.14 Å². The number of sulfonamides is 1. The highest BCUT2D eigenvalue weighted by atomic mass is 32.2. The van der Waals surface area contributed by atoms with Gasteiger partial charge < -0.3 is 10.6 Å². The molecule has 2 aromatic heterocycles. The quantitative estimate of drug-likeness (QED) is 0.358. The molecule has 0 unspecified atom stereocenters. The van der Waals surface area contributed by atoms with Crippen LogP contribution in [0.5, 0.6) is 0 Å². The molecule has 4 rings (SSSR count). The van der Waals surface area contributed by atoms with Crippen LogP contribution in [0.2, 0.25) is 0 Å². The van der Waals surface area contributed by atoms with Gasteiger partial charge in [-0.15, -0.1) is 11.3 Å². The molecule has 2 aromatic carbocycles. The Morgan fingerprint density at radius 1 is 0.938 bits per heavy atom. The highest BCUT2D eigenvalue weighted by Gasteiger charge is 2.14. The lowest BCUT2D eigenvalue weighted by Crippen LogP contribution is -2.11. The lowest BCUT2D eigenvalue weighted by Gasteiger charge is -2.13. The molecular formula is C20H19N5O4S3. The summed E-state index contributed by atoms with van der Waals surface area (Å²) in [6, 6.07) is 14.9. The Balaban J connectivity index is 1.68. The van der Waals surface area contributed by atoms with Gasteiger partial charge in [0, 0.05) is 17.6 Å². The third-order valence-electron chi connectivity index (χ3n) is 4.43. The van der Waals surface area contributed by atoms with E-state index in [2.05, 4.69) is 20.6 Å². The van der Waals surface area contributed by atoms with Crippen LogP contribution in [0.1, 0.15) is 5.56 Å². The molecule has 0 saturated carbocycles. The fourth-order valence-corrected chi connectivity index (χ4v) is 5.15. The van der Waals surface area contributed by atoms with Gasteiger partial charge >= 0.3 is 0 Å². The second kappa shape index (κ2) is 8.47. The fraction of sp³-hybridized carbons (Fsp3) is 0.100. The molecule has 0 aliphatic carbocycles. The lowest BCUT2D eigenvalue weighted by atomic mass is 10.2. The maximum atomic E-state index is 11.8. The average Bonchev–Trinajstić information content (AvgIpc) is 3.17. The Morgan fingerprint density at radius 3 is 2.34 bits per heavy atom. The minimum absolute atomic E-state index is 0.00194. The summed E-state index contributed by atoms with van der Waals surface area (Å²) in [7, 11) is -7.00. The number of thiophene rings is 1. The number of rotatable bonds is 7. The molecule has 0 aliphatic rings. The summed E-state index contributed by atoms with van der Waals surface area (Å²) < 4.78 is 47.3. The van der Waals surface area contributed by atoms with Crippen LogP contribution in [0.3, 0.4) is 0 Å². The molecule has 32 heavy (non-hydrogen) atoms. The molecule has 0 amide bonds. The van der Waals surface area contributed by atoms with E-state index in [1.54, 1.807) is 30.3 Å². The fourth-order valence-electron chi connectivity index (χ4n) is 3.04. The Morgan fingerprint density at radius 2 is 1.66 bits per heavy atom. The van der Waals surface area contributed by atoms with E-state index in [1.165, 1.54) is 29.7 Å². The highest BCUT2D eigenvalue weighted by Crippen LogP contribution is 2.31. The van der Waals surface area contributed by atoms with Crippen LogP contribution in [0.25, 0.3) is 10.2 Å². The van der Waals surface area contributed by atoms with Gasteiger partial charge in [-0.1, -0.05) is 18.2 Å². The van der Waals surface area contributed by atoms with Crippen molar-refractivity contribution in [3.05, 3.63) is 65.5 Å². The molecule has 0 saturated heterocycles. The normalized spacial score (nSPS) is 12.1. The second-order valence-electron chi connectivity index (χ2n) is 7.08. The second-order valence-corrected chi connectivity index (χ2v) is 11.7. The maximum absolute atomic E-state index is 11.8. The predicted octanol–water partition coefficient (Wildman–Crippen LogP) is 3.37. The smallest absolute Gasteiger partial charge is 0.238 e. The molecule has 4 N–H and O–H groups in total. The number of nitrogens with two attached hydrogens (primary N) is 1. The SMILES string of the molecule is CS(=O)(=O)Cc1ccccc1Nc1nc(Nc2ccc(S(N)(=O)=O)cc2)nc2ccsc12. The Labute approximate surface area is 189 Å². The molecule has 0 atom stereocenters. The zero-order valence-electron chi connectivity index (χ0n) is 16.8. The van der Waals surface area contributed by atoms with Crippen LogP contribution in [-0.2, 0) is 25.6 Å². The topological polar surface area (TPSA) is 144 Å². The maximum Gasteiger partial charge on any atom is 0.238 e. The van der Waals surface area contributed by atoms with E-state index in [9.17, 15) is 16.8 Å². The van der Waals surface area contributed by atoms with Crippen molar-refractivity contribution in [2.75, 3.05) is 16.9 Å². The van der Waals surface area contributed by atoms with Gasteiger partial charge in [-0.3, -0.25) is 0 Å². The highest BCUT2D eigenvalue weighted by molar-refractivity contribution is 7.90. The van der Waals surface area contributed by atoms with Crippen molar-refractivity contribution in [1.29, 1.82) is 0 Å². The van der Waals surface area contributed by atoms with Crippen molar-refractivity contribution in [2.24, 2.45) is 5.14 Å². The van der Waals surface area contributed by atoms with Crippen molar-refractivity contribution in [3.63, 3.8) is 0 Å². The molecular weight excluding hydrogens is 470 g/mol. The Bertz CT molecular complexity index is 1500. The Kier molecular flexibility index (Phi) is 5.86. The van der Waals surface area contributed by atoms with Crippen molar-refractivity contribution < 1.29 is 16.8 Å². The van der Waals surface area contributed by atoms with Crippen molar-refractivity contribution in [2.45, 2.75) is 10.6 Å². The van der Waals surface area contributed by atoms with Gasteiger partial charge in [-0.2, -0.15) is 4.98 Å². The van der Waals surface area contributed by atoms with Crippen LogP contribution < -0.4 is 15.8 Å². The lowest BCUT2D eigenvalue weighted by molar-refractivity contribution is 0.597. The van der Waals surface area contributed by atoms with Gasteiger partial charge in [0.05, 0.1) is 20.9 Å². The summed E-state index contributed by atoms with van der Waals surface area (Å²) in [4.78, 5) is 9.05. The molecule has 0 bridgehead atoms. The Hall–Kier alpha value is -3.06. The van der Waals surface area contributed by atoms with E-state index in [-0.39, 0.29) is 10.6 Å². The predicted molar refractivity (Wildman–Crippen MR) is 127 cm³/mol. The molecule has 12 heteroatoms. The monoisotopic (exact) mass is 489 g/mol. The number of para-hydroxylation sites is 1. The van der Waals surface area contributed by atoms with Crippen LogP contribution >= 0.6 is 11.3 Å². The number of hydrogen-bond donors (Lipinski definition) is 3. The number of nitrogens with one attached hydrogen (secondary N) is 2. The number of aromatic nitrogens is 2. The van der Waals surface area contributed by atoms with E-state index in [0.717, 1.165) is 4.70 Å². The summed E-state index contributed by atoms with van der Waals surface area (Å²) >= 11 is 1.46. The van der Waals surface area contributed by atoms with Gasteiger partial charge in [-0.05, 0) is 47.3 Å². The van der Waals surface area contributed by atoms with E-state index in [0.29, 0.717) is 34.2 Å². The molecule has 0 aliphatic heterocycles.